The van der Waals surface area contributed by atoms with Gasteiger partial charge in [-0.25, -0.2) is 4.98 Å². The van der Waals surface area contributed by atoms with Crippen LogP contribution in [0, 0.1) is 23.2 Å². The summed E-state index contributed by atoms with van der Waals surface area (Å²) in [6, 6.07) is 7.26. The lowest BCUT2D eigenvalue weighted by Gasteiger charge is -2.55. The largest absolute Gasteiger partial charge is 0.485 e. The van der Waals surface area contributed by atoms with E-state index in [1.165, 1.54) is 19.3 Å². The molecule has 2 heterocycles. The van der Waals surface area contributed by atoms with Crippen LogP contribution in [-0.4, -0.2) is 28.3 Å². The molecule has 0 radical (unpaired) electrons. The molecule has 2 aromatic rings. The first kappa shape index (κ1) is 20.0. The number of nitrogens with zero attached hydrogens (tertiary/aromatic N) is 2. The van der Waals surface area contributed by atoms with Crippen molar-refractivity contribution in [2.45, 2.75) is 45.1 Å². The normalized spacial score (nSPS) is 28.2. The lowest BCUT2D eigenvalue weighted by Crippen LogP contribution is -2.54. The molecule has 2 amide bonds. The maximum atomic E-state index is 13.0. The van der Waals surface area contributed by atoms with Gasteiger partial charge in [0.1, 0.15) is 6.61 Å². The highest BCUT2D eigenvalue weighted by molar-refractivity contribution is 5.95. The van der Waals surface area contributed by atoms with Crippen LogP contribution in [-0.2, 0) is 16.2 Å². The van der Waals surface area contributed by atoms with Gasteiger partial charge in [0, 0.05) is 24.0 Å². The SMILES string of the molecule is O=C(CNC(=O)C12CC3CC(CC(C3)C1)C2)Nc1ncccc1OCc1ccncc1. The highest BCUT2D eigenvalue weighted by atomic mass is 16.5. The Bertz CT molecular complexity index is 927. The Balaban J connectivity index is 1.16. The van der Waals surface area contributed by atoms with E-state index < -0.39 is 0 Å². The lowest BCUT2D eigenvalue weighted by molar-refractivity contribution is -0.146. The number of aromatic nitrogens is 2. The van der Waals surface area contributed by atoms with Crippen LogP contribution in [0.15, 0.2) is 42.9 Å². The van der Waals surface area contributed by atoms with Crippen LogP contribution in [0.3, 0.4) is 0 Å². The van der Waals surface area contributed by atoms with Crippen LogP contribution < -0.4 is 15.4 Å². The molecule has 162 valence electrons. The van der Waals surface area contributed by atoms with Crippen molar-refractivity contribution in [1.29, 1.82) is 0 Å². The van der Waals surface area contributed by atoms with E-state index in [-0.39, 0.29) is 23.8 Å². The van der Waals surface area contributed by atoms with Crippen molar-refractivity contribution in [1.82, 2.24) is 15.3 Å². The topological polar surface area (TPSA) is 93.2 Å². The van der Waals surface area contributed by atoms with E-state index in [0.717, 1.165) is 24.8 Å². The first-order chi connectivity index (χ1) is 15.1. The first-order valence-corrected chi connectivity index (χ1v) is 11.1. The third-order valence-corrected chi connectivity index (χ3v) is 7.10. The fourth-order valence-electron chi connectivity index (χ4n) is 6.15. The number of hydrogen-bond acceptors (Lipinski definition) is 5. The molecule has 4 fully saturated rings. The fourth-order valence-corrected chi connectivity index (χ4v) is 6.15. The van der Waals surface area contributed by atoms with Crippen molar-refractivity contribution in [2.24, 2.45) is 23.2 Å². The van der Waals surface area contributed by atoms with Gasteiger partial charge in [-0.15, -0.1) is 0 Å². The predicted molar refractivity (Wildman–Crippen MR) is 115 cm³/mol. The van der Waals surface area contributed by atoms with E-state index in [1.54, 1.807) is 30.7 Å². The molecule has 0 spiro atoms. The second kappa shape index (κ2) is 8.29. The van der Waals surface area contributed by atoms with Gasteiger partial charge in [-0.1, -0.05) is 0 Å². The molecule has 0 saturated heterocycles. The summed E-state index contributed by atoms with van der Waals surface area (Å²) in [4.78, 5) is 33.8. The summed E-state index contributed by atoms with van der Waals surface area (Å²) in [7, 11) is 0. The van der Waals surface area contributed by atoms with Gasteiger partial charge in [0.2, 0.25) is 11.8 Å². The van der Waals surface area contributed by atoms with Crippen molar-refractivity contribution in [3.05, 3.63) is 48.4 Å². The molecule has 0 unspecified atom stereocenters. The zero-order valence-corrected chi connectivity index (χ0v) is 17.5. The van der Waals surface area contributed by atoms with Gasteiger partial charge in [0.05, 0.1) is 6.54 Å². The molecule has 2 aromatic heterocycles. The van der Waals surface area contributed by atoms with Gasteiger partial charge < -0.3 is 15.4 Å². The minimum Gasteiger partial charge on any atom is -0.485 e. The van der Waals surface area contributed by atoms with Crippen molar-refractivity contribution in [3.8, 4) is 5.75 Å². The van der Waals surface area contributed by atoms with E-state index in [9.17, 15) is 9.59 Å². The Morgan fingerprint density at radius 2 is 1.68 bits per heavy atom. The highest BCUT2D eigenvalue weighted by Gasteiger charge is 2.54. The molecule has 6 rings (SSSR count). The Morgan fingerprint density at radius 3 is 2.35 bits per heavy atom. The molecule has 4 bridgehead atoms. The molecule has 0 aliphatic heterocycles. The molecule has 0 atom stereocenters. The monoisotopic (exact) mass is 420 g/mol. The fraction of sp³-hybridized carbons (Fsp3) is 0.500. The standard InChI is InChI=1S/C24H28N4O3/c29-21(14-27-23(30)24-11-17-8-18(12-24)10-19(9-17)13-24)28-22-20(2-1-5-26-22)31-15-16-3-6-25-7-4-16/h1-7,17-19H,8-15H2,(H,27,30)(H,26,28,29). The molecule has 31 heavy (non-hydrogen) atoms. The average Bonchev–Trinajstić information content (AvgIpc) is 2.76. The van der Waals surface area contributed by atoms with Crippen LogP contribution in [0.25, 0.3) is 0 Å². The number of pyridine rings is 2. The minimum absolute atomic E-state index is 0.0527. The van der Waals surface area contributed by atoms with Crippen LogP contribution >= 0.6 is 0 Å². The molecule has 4 saturated carbocycles. The number of amides is 2. The van der Waals surface area contributed by atoms with Crippen LogP contribution in [0.5, 0.6) is 5.75 Å². The second-order valence-electron chi connectivity index (χ2n) is 9.42. The molecular formula is C24H28N4O3. The molecule has 4 aliphatic carbocycles. The van der Waals surface area contributed by atoms with E-state index in [0.29, 0.717) is 35.9 Å². The number of ether oxygens (including phenoxy) is 1. The quantitative estimate of drug-likeness (QED) is 0.717. The van der Waals surface area contributed by atoms with E-state index in [1.807, 2.05) is 12.1 Å². The maximum Gasteiger partial charge on any atom is 0.245 e. The molecule has 0 aromatic carbocycles. The van der Waals surface area contributed by atoms with Gasteiger partial charge in [0.25, 0.3) is 0 Å². The zero-order valence-electron chi connectivity index (χ0n) is 17.5. The van der Waals surface area contributed by atoms with Crippen LogP contribution in [0.1, 0.15) is 44.1 Å². The Kier molecular flexibility index (Phi) is 5.34. The summed E-state index contributed by atoms with van der Waals surface area (Å²) in [6.45, 7) is 0.292. The molecule has 2 N–H and O–H groups in total. The zero-order chi connectivity index (χ0) is 21.3. The smallest absolute Gasteiger partial charge is 0.245 e. The van der Waals surface area contributed by atoms with Gasteiger partial charge in [-0.2, -0.15) is 0 Å². The van der Waals surface area contributed by atoms with E-state index in [2.05, 4.69) is 20.6 Å². The summed E-state index contributed by atoms with van der Waals surface area (Å²) in [5, 5.41) is 5.68. The number of anilines is 1. The van der Waals surface area contributed by atoms with E-state index in [4.69, 9.17) is 4.74 Å². The maximum absolute atomic E-state index is 13.0. The molecule has 7 nitrogen and oxygen atoms in total. The van der Waals surface area contributed by atoms with E-state index >= 15 is 0 Å². The van der Waals surface area contributed by atoms with Crippen molar-refractivity contribution < 1.29 is 14.3 Å². The second-order valence-corrected chi connectivity index (χ2v) is 9.42. The number of carbonyl (C=O) groups is 2. The van der Waals surface area contributed by atoms with Crippen LogP contribution in [0.4, 0.5) is 5.82 Å². The first-order valence-electron chi connectivity index (χ1n) is 11.1. The molecular weight excluding hydrogens is 392 g/mol. The predicted octanol–water partition coefficient (Wildman–Crippen LogP) is 3.33. The highest BCUT2D eigenvalue weighted by Crippen LogP contribution is 2.60. The van der Waals surface area contributed by atoms with Crippen molar-refractivity contribution in [2.75, 3.05) is 11.9 Å². The van der Waals surface area contributed by atoms with Crippen molar-refractivity contribution >= 4 is 17.6 Å². The third-order valence-electron chi connectivity index (χ3n) is 7.10. The minimum atomic E-state index is -0.300. The Hall–Kier alpha value is -2.96. The summed E-state index contributed by atoms with van der Waals surface area (Å²) in [5.74, 6) is 2.67. The van der Waals surface area contributed by atoms with Gasteiger partial charge in [-0.3, -0.25) is 14.6 Å². The number of rotatable bonds is 7. The number of nitrogens with one attached hydrogen (secondary N) is 2. The molecule has 7 heteroatoms. The number of carbonyl (C=O) groups excluding carboxylic acids is 2. The average molecular weight is 421 g/mol. The number of hydrogen-bond donors (Lipinski definition) is 2. The van der Waals surface area contributed by atoms with Gasteiger partial charge in [-0.05, 0) is 86.1 Å². The van der Waals surface area contributed by atoms with Crippen LogP contribution in [0.2, 0.25) is 0 Å². The lowest BCUT2D eigenvalue weighted by atomic mass is 9.49. The third kappa shape index (κ3) is 4.27. The van der Waals surface area contributed by atoms with Gasteiger partial charge in [0.15, 0.2) is 11.6 Å². The summed E-state index contributed by atoms with van der Waals surface area (Å²) in [5.41, 5.74) is 0.720. The van der Waals surface area contributed by atoms with Crippen molar-refractivity contribution in [3.63, 3.8) is 0 Å². The Morgan fingerprint density at radius 1 is 1.00 bits per heavy atom. The summed E-state index contributed by atoms with van der Waals surface area (Å²) >= 11 is 0. The molecule has 4 aliphatic rings. The van der Waals surface area contributed by atoms with Gasteiger partial charge >= 0.3 is 0 Å². The summed E-state index contributed by atoms with van der Waals surface area (Å²) in [6.07, 6.45) is 11.8. The Labute approximate surface area is 182 Å². The summed E-state index contributed by atoms with van der Waals surface area (Å²) < 4.78 is 5.82.